The third-order valence-corrected chi connectivity index (χ3v) is 9.23. The molecule has 44 heavy (non-hydrogen) atoms. The largest absolute Gasteiger partial charge is 0.497 e. The standard InChI is InChI=1S/C41H32O3/c1-40(2)36-16-10-9-15-34(36)37-32-13-7-8-14-33(32)39-35(38(37)40)25-26-41(44-39,27-17-21-29(42-3)22-18-27)28-19-23-31(24-20-28)43-30-11-5-4-6-12-30/h4-26H,1-3H3. The molecule has 0 radical (unpaired) electrons. The summed E-state index contributed by atoms with van der Waals surface area (Å²) in [5, 5.41) is 2.32. The molecule has 0 fully saturated rings. The van der Waals surface area contributed by atoms with Crippen molar-refractivity contribution in [2.24, 2.45) is 0 Å². The number of methoxy groups -OCH3 is 1. The van der Waals surface area contributed by atoms with E-state index in [9.17, 15) is 0 Å². The van der Waals surface area contributed by atoms with Crippen LogP contribution >= 0.6 is 0 Å². The van der Waals surface area contributed by atoms with E-state index in [1.54, 1.807) is 7.11 Å². The molecule has 1 aliphatic carbocycles. The Morgan fingerprint density at radius 1 is 0.591 bits per heavy atom. The second kappa shape index (κ2) is 9.89. The zero-order chi connectivity index (χ0) is 29.9. The summed E-state index contributed by atoms with van der Waals surface area (Å²) in [5.74, 6) is 3.28. The summed E-state index contributed by atoms with van der Waals surface area (Å²) < 4.78 is 19.0. The third-order valence-electron chi connectivity index (χ3n) is 9.23. The number of benzene rings is 6. The summed E-state index contributed by atoms with van der Waals surface area (Å²) in [6, 6.07) is 43.7. The highest BCUT2D eigenvalue weighted by atomic mass is 16.5. The van der Waals surface area contributed by atoms with Gasteiger partial charge in [0.1, 0.15) is 23.0 Å². The Labute approximate surface area is 258 Å². The Hall–Kier alpha value is -5.28. The topological polar surface area (TPSA) is 27.7 Å². The fraction of sp³-hybridized carbons (Fsp3) is 0.122. The Balaban J connectivity index is 1.33. The summed E-state index contributed by atoms with van der Waals surface area (Å²) in [5.41, 5.74) is 7.42. The van der Waals surface area contributed by atoms with Gasteiger partial charge in [-0.05, 0) is 70.1 Å². The van der Waals surface area contributed by atoms with E-state index >= 15 is 0 Å². The van der Waals surface area contributed by atoms with Crippen molar-refractivity contribution in [1.82, 2.24) is 0 Å². The molecule has 3 heteroatoms. The van der Waals surface area contributed by atoms with Crippen LogP contribution < -0.4 is 14.2 Å². The highest BCUT2D eigenvalue weighted by Crippen LogP contribution is 2.58. The fourth-order valence-electron chi connectivity index (χ4n) is 7.11. The summed E-state index contributed by atoms with van der Waals surface area (Å²) in [7, 11) is 1.69. The normalized spacial score (nSPS) is 17.3. The predicted octanol–water partition coefficient (Wildman–Crippen LogP) is 10.3. The lowest BCUT2D eigenvalue weighted by Gasteiger charge is -2.38. The van der Waals surface area contributed by atoms with Gasteiger partial charge in [0.2, 0.25) is 0 Å². The first-order chi connectivity index (χ1) is 21.5. The molecule has 3 nitrogen and oxygen atoms in total. The maximum Gasteiger partial charge on any atom is 0.178 e. The number of hydrogen-bond donors (Lipinski definition) is 0. The molecule has 0 N–H and O–H groups in total. The molecule has 6 aromatic carbocycles. The molecule has 1 unspecified atom stereocenters. The first kappa shape index (κ1) is 26.4. The molecule has 0 bridgehead atoms. The van der Waals surface area contributed by atoms with Gasteiger partial charge < -0.3 is 14.2 Å². The molecule has 1 aliphatic heterocycles. The van der Waals surface area contributed by atoms with Gasteiger partial charge in [-0.3, -0.25) is 0 Å². The first-order valence-electron chi connectivity index (χ1n) is 15.0. The zero-order valence-corrected chi connectivity index (χ0v) is 25.0. The van der Waals surface area contributed by atoms with Crippen LogP contribution in [0.4, 0.5) is 0 Å². The predicted molar refractivity (Wildman–Crippen MR) is 178 cm³/mol. The number of hydrogen-bond acceptors (Lipinski definition) is 3. The highest BCUT2D eigenvalue weighted by Gasteiger charge is 2.44. The van der Waals surface area contributed by atoms with Crippen molar-refractivity contribution in [2.75, 3.05) is 7.11 Å². The molecule has 1 heterocycles. The summed E-state index contributed by atoms with van der Waals surface area (Å²) in [4.78, 5) is 0. The van der Waals surface area contributed by atoms with Gasteiger partial charge in [-0.25, -0.2) is 0 Å². The minimum Gasteiger partial charge on any atom is -0.497 e. The average Bonchev–Trinajstić information content (AvgIpc) is 3.32. The van der Waals surface area contributed by atoms with E-state index in [-0.39, 0.29) is 5.41 Å². The molecule has 1 atom stereocenters. The molecular weight excluding hydrogens is 540 g/mol. The SMILES string of the molecule is COc1ccc(C2(c3ccc(Oc4ccccc4)cc3)C=Cc3c4c(c5ccccc5c3O2)-c2ccccc2C4(C)C)cc1. The Bertz CT molecular complexity index is 2060. The van der Waals surface area contributed by atoms with E-state index in [4.69, 9.17) is 14.2 Å². The quantitative estimate of drug-likeness (QED) is 0.206. The van der Waals surface area contributed by atoms with Crippen LogP contribution in [-0.2, 0) is 11.0 Å². The van der Waals surface area contributed by atoms with Gasteiger partial charge in [0, 0.05) is 27.5 Å². The maximum absolute atomic E-state index is 7.39. The zero-order valence-electron chi connectivity index (χ0n) is 25.0. The van der Waals surface area contributed by atoms with E-state index in [0.29, 0.717) is 0 Å². The number of ether oxygens (including phenoxy) is 3. The van der Waals surface area contributed by atoms with Gasteiger partial charge in [-0.2, -0.15) is 0 Å². The molecule has 8 rings (SSSR count). The molecule has 2 aliphatic rings. The lowest BCUT2D eigenvalue weighted by atomic mass is 9.77. The van der Waals surface area contributed by atoms with Crippen LogP contribution in [0.2, 0.25) is 0 Å². The Morgan fingerprint density at radius 2 is 1.18 bits per heavy atom. The number of para-hydroxylation sites is 1. The molecule has 0 spiro atoms. The number of fused-ring (bicyclic) bond motifs is 8. The first-order valence-corrected chi connectivity index (χ1v) is 15.0. The summed E-state index contributed by atoms with van der Waals surface area (Å²) in [6.07, 6.45) is 4.51. The van der Waals surface area contributed by atoms with Crippen molar-refractivity contribution in [1.29, 1.82) is 0 Å². The van der Waals surface area contributed by atoms with Crippen molar-refractivity contribution in [3.8, 4) is 34.1 Å². The van der Waals surface area contributed by atoms with Gasteiger partial charge in [0.05, 0.1) is 7.11 Å². The highest BCUT2D eigenvalue weighted by molar-refractivity contribution is 6.08. The van der Waals surface area contributed by atoms with Crippen molar-refractivity contribution in [2.45, 2.75) is 24.9 Å². The van der Waals surface area contributed by atoms with Crippen molar-refractivity contribution in [3.63, 3.8) is 0 Å². The van der Waals surface area contributed by atoms with E-state index < -0.39 is 5.60 Å². The van der Waals surface area contributed by atoms with Crippen LogP contribution in [0.15, 0.2) is 133 Å². The molecule has 0 aromatic heterocycles. The minimum absolute atomic E-state index is 0.176. The van der Waals surface area contributed by atoms with Crippen LogP contribution in [0.3, 0.4) is 0 Å². The van der Waals surface area contributed by atoms with E-state index in [1.165, 1.54) is 27.6 Å². The smallest absolute Gasteiger partial charge is 0.178 e. The van der Waals surface area contributed by atoms with Gasteiger partial charge in [0.25, 0.3) is 0 Å². The number of rotatable bonds is 5. The molecule has 0 amide bonds. The van der Waals surface area contributed by atoms with Gasteiger partial charge in [-0.15, -0.1) is 0 Å². The van der Waals surface area contributed by atoms with Crippen LogP contribution in [0.25, 0.3) is 28.0 Å². The minimum atomic E-state index is -0.864. The van der Waals surface area contributed by atoms with Crippen molar-refractivity contribution in [3.05, 3.63) is 161 Å². The van der Waals surface area contributed by atoms with Gasteiger partial charge in [0.15, 0.2) is 5.60 Å². The van der Waals surface area contributed by atoms with E-state index in [0.717, 1.165) is 45.1 Å². The summed E-state index contributed by atoms with van der Waals surface area (Å²) >= 11 is 0. The van der Waals surface area contributed by atoms with Crippen molar-refractivity contribution >= 4 is 16.8 Å². The monoisotopic (exact) mass is 572 g/mol. The van der Waals surface area contributed by atoms with Crippen LogP contribution in [0, 0.1) is 0 Å². The van der Waals surface area contributed by atoms with Crippen LogP contribution in [-0.4, -0.2) is 7.11 Å². The van der Waals surface area contributed by atoms with E-state index in [1.807, 2.05) is 54.6 Å². The van der Waals surface area contributed by atoms with Crippen LogP contribution in [0.1, 0.15) is 41.7 Å². The van der Waals surface area contributed by atoms with Crippen molar-refractivity contribution < 1.29 is 14.2 Å². The maximum atomic E-state index is 7.39. The third kappa shape index (κ3) is 3.89. The van der Waals surface area contributed by atoms with Gasteiger partial charge in [-0.1, -0.05) is 111 Å². The second-order valence-corrected chi connectivity index (χ2v) is 12.0. The molecule has 6 aromatic rings. The average molecular weight is 573 g/mol. The van der Waals surface area contributed by atoms with Crippen LogP contribution in [0.5, 0.6) is 23.0 Å². The molecule has 214 valence electrons. The fourth-order valence-corrected chi connectivity index (χ4v) is 7.11. The van der Waals surface area contributed by atoms with E-state index in [2.05, 4.69) is 98.8 Å². The molecular formula is C41H32O3. The Kier molecular flexibility index (Phi) is 5.92. The second-order valence-electron chi connectivity index (χ2n) is 12.0. The molecule has 0 saturated heterocycles. The Morgan fingerprint density at radius 3 is 1.89 bits per heavy atom. The molecule has 0 saturated carbocycles. The lowest BCUT2D eigenvalue weighted by molar-refractivity contribution is 0.163. The van der Waals surface area contributed by atoms with Gasteiger partial charge >= 0.3 is 0 Å². The lowest BCUT2D eigenvalue weighted by Crippen LogP contribution is -2.35. The summed E-state index contributed by atoms with van der Waals surface area (Å²) in [6.45, 7) is 4.66.